The van der Waals surface area contributed by atoms with Crippen LogP contribution in [0.2, 0.25) is 0 Å². The van der Waals surface area contributed by atoms with Crippen LogP contribution < -0.4 is 11.1 Å². The number of nitrogens with two attached hydrogens (primary N) is 1. The Morgan fingerprint density at radius 3 is 2.37 bits per heavy atom. The van der Waals surface area contributed by atoms with Gasteiger partial charge in [-0.05, 0) is 26.7 Å². The molecule has 2 amide bonds. The second-order valence-electron chi connectivity index (χ2n) is 6.31. The fourth-order valence-electron chi connectivity index (χ4n) is 3.07. The Bertz CT molecular complexity index is 732. The van der Waals surface area contributed by atoms with Gasteiger partial charge in [0.25, 0.3) is 11.8 Å². The second kappa shape index (κ2) is 9.20. The van der Waals surface area contributed by atoms with Crippen molar-refractivity contribution in [2.75, 3.05) is 18.5 Å². The van der Waals surface area contributed by atoms with E-state index < -0.39 is 30.4 Å². The number of furan rings is 1. The molecule has 3 N–H and O–H groups in total. The Kier molecular flexibility index (Phi) is 6.98. The van der Waals surface area contributed by atoms with E-state index in [0.29, 0.717) is 0 Å². The molecule has 0 spiro atoms. The van der Waals surface area contributed by atoms with E-state index in [9.17, 15) is 19.2 Å². The highest BCUT2D eigenvalue weighted by molar-refractivity contribution is 6.10. The summed E-state index contributed by atoms with van der Waals surface area (Å²) in [5.74, 6) is -3.23. The van der Waals surface area contributed by atoms with Crippen LogP contribution in [0.3, 0.4) is 0 Å². The average molecular weight is 380 g/mol. The molecular weight excluding hydrogens is 356 g/mol. The molecule has 0 atom stereocenters. The fourth-order valence-corrected chi connectivity index (χ4v) is 3.07. The van der Waals surface area contributed by atoms with Gasteiger partial charge in [-0.25, -0.2) is 4.79 Å². The van der Waals surface area contributed by atoms with E-state index >= 15 is 0 Å². The van der Waals surface area contributed by atoms with Crippen molar-refractivity contribution < 1.29 is 33.1 Å². The zero-order chi connectivity index (χ0) is 20.0. The van der Waals surface area contributed by atoms with Gasteiger partial charge in [0, 0.05) is 0 Å². The Balaban J connectivity index is 2.04. The maximum Gasteiger partial charge on any atom is 0.342 e. The molecule has 2 rings (SSSR count). The molecule has 1 heterocycles. The number of hydrogen-bond donors (Lipinski definition) is 2. The summed E-state index contributed by atoms with van der Waals surface area (Å²) >= 11 is 0. The van der Waals surface area contributed by atoms with Crippen molar-refractivity contribution in [3.05, 3.63) is 16.9 Å². The smallest absolute Gasteiger partial charge is 0.342 e. The number of carbonyl (C=O) groups is 4. The minimum absolute atomic E-state index is 0.0803. The Labute approximate surface area is 156 Å². The lowest BCUT2D eigenvalue weighted by Crippen LogP contribution is -2.26. The number of hydrogen-bond acceptors (Lipinski definition) is 7. The van der Waals surface area contributed by atoms with Crippen LogP contribution in [0.4, 0.5) is 5.88 Å². The minimum Gasteiger partial charge on any atom is -0.462 e. The molecule has 0 unspecified atom stereocenters. The Hall–Kier alpha value is -2.84. The van der Waals surface area contributed by atoms with Gasteiger partial charge in [-0.15, -0.1) is 0 Å². The molecule has 1 saturated carbocycles. The minimum atomic E-state index is -0.954. The molecule has 1 aliphatic carbocycles. The van der Waals surface area contributed by atoms with Gasteiger partial charge < -0.3 is 19.6 Å². The van der Waals surface area contributed by atoms with Crippen molar-refractivity contribution >= 4 is 29.6 Å². The highest BCUT2D eigenvalue weighted by Gasteiger charge is 2.29. The number of aryl methyl sites for hydroxylation is 1. The summed E-state index contributed by atoms with van der Waals surface area (Å²) in [5, 5.41) is 2.32. The van der Waals surface area contributed by atoms with Crippen molar-refractivity contribution in [3.63, 3.8) is 0 Å². The van der Waals surface area contributed by atoms with Crippen LogP contribution in [0.15, 0.2) is 4.42 Å². The molecule has 1 fully saturated rings. The molecule has 148 valence electrons. The Morgan fingerprint density at radius 2 is 1.78 bits per heavy atom. The monoisotopic (exact) mass is 380 g/mol. The Morgan fingerprint density at radius 1 is 1.11 bits per heavy atom. The molecule has 0 radical (unpaired) electrons. The molecule has 0 aromatic carbocycles. The molecule has 27 heavy (non-hydrogen) atoms. The fraction of sp³-hybridized carbons (Fsp3) is 0.556. The van der Waals surface area contributed by atoms with E-state index in [1.807, 2.05) is 0 Å². The summed E-state index contributed by atoms with van der Waals surface area (Å²) in [6.45, 7) is 2.63. The summed E-state index contributed by atoms with van der Waals surface area (Å²) < 4.78 is 15.2. The SMILES string of the molecule is CCOC(=O)c1c(C)oc(NC(=O)COC(=O)C2CCCCC2)c1C(N)=O. The van der Waals surface area contributed by atoms with Crippen molar-refractivity contribution in [2.24, 2.45) is 11.7 Å². The highest BCUT2D eigenvalue weighted by atomic mass is 16.5. The van der Waals surface area contributed by atoms with Gasteiger partial charge in [-0.3, -0.25) is 19.7 Å². The molecule has 9 nitrogen and oxygen atoms in total. The van der Waals surface area contributed by atoms with Gasteiger partial charge >= 0.3 is 11.9 Å². The quantitative estimate of drug-likeness (QED) is 0.689. The van der Waals surface area contributed by atoms with Crippen LogP contribution in [0.25, 0.3) is 0 Å². The first-order chi connectivity index (χ1) is 12.8. The zero-order valence-electron chi connectivity index (χ0n) is 15.5. The first-order valence-corrected chi connectivity index (χ1v) is 8.91. The lowest BCUT2D eigenvalue weighted by atomic mass is 9.89. The predicted molar refractivity (Wildman–Crippen MR) is 94.1 cm³/mol. The molecule has 0 bridgehead atoms. The van der Waals surface area contributed by atoms with E-state index in [1.165, 1.54) is 6.92 Å². The van der Waals surface area contributed by atoms with Crippen LogP contribution in [0, 0.1) is 12.8 Å². The van der Waals surface area contributed by atoms with Gasteiger partial charge in [0.1, 0.15) is 16.9 Å². The summed E-state index contributed by atoms with van der Waals surface area (Å²) in [4.78, 5) is 47.8. The predicted octanol–water partition coefficient (Wildman–Crippen LogP) is 1.93. The molecule has 1 aromatic heterocycles. The number of anilines is 1. The highest BCUT2D eigenvalue weighted by Crippen LogP contribution is 2.28. The van der Waals surface area contributed by atoms with E-state index in [4.69, 9.17) is 19.6 Å². The normalized spacial score (nSPS) is 14.4. The molecule has 0 aliphatic heterocycles. The van der Waals surface area contributed by atoms with Gasteiger partial charge in [-0.1, -0.05) is 19.3 Å². The van der Waals surface area contributed by atoms with Crippen LogP contribution >= 0.6 is 0 Å². The number of primary amides is 1. The lowest BCUT2D eigenvalue weighted by molar-refractivity contribution is -0.152. The average Bonchev–Trinajstić information content (AvgIpc) is 2.96. The second-order valence-corrected chi connectivity index (χ2v) is 6.31. The number of esters is 2. The van der Waals surface area contributed by atoms with E-state index in [2.05, 4.69) is 5.32 Å². The number of nitrogens with one attached hydrogen (secondary N) is 1. The number of rotatable bonds is 7. The first-order valence-electron chi connectivity index (χ1n) is 8.91. The number of ether oxygens (including phenoxy) is 2. The van der Waals surface area contributed by atoms with Gasteiger partial charge in [-0.2, -0.15) is 0 Å². The van der Waals surface area contributed by atoms with Crippen LogP contribution in [0.1, 0.15) is 65.5 Å². The van der Waals surface area contributed by atoms with Crippen LogP contribution in [-0.2, 0) is 19.1 Å². The number of carbonyl (C=O) groups excluding carboxylic acids is 4. The van der Waals surface area contributed by atoms with Crippen molar-refractivity contribution in [1.29, 1.82) is 0 Å². The standard InChI is InChI=1S/C18H24N2O7/c1-3-25-18(24)13-10(2)27-16(14(13)15(19)22)20-12(21)9-26-17(23)11-7-5-4-6-8-11/h11H,3-9H2,1-2H3,(H2,19,22)(H,20,21). The lowest BCUT2D eigenvalue weighted by Gasteiger charge is -2.19. The third-order valence-electron chi connectivity index (χ3n) is 4.35. The maximum atomic E-state index is 12.1. The third-order valence-corrected chi connectivity index (χ3v) is 4.35. The molecule has 0 saturated heterocycles. The van der Waals surface area contributed by atoms with E-state index in [1.54, 1.807) is 6.92 Å². The topological polar surface area (TPSA) is 138 Å². The largest absolute Gasteiger partial charge is 0.462 e. The summed E-state index contributed by atoms with van der Waals surface area (Å²) in [7, 11) is 0. The molecule has 9 heteroatoms. The van der Waals surface area contributed by atoms with E-state index in [0.717, 1.165) is 32.1 Å². The maximum absolute atomic E-state index is 12.1. The molecule has 1 aromatic rings. The van der Waals surface area contributed by atoms with Gasteiger partial charge in [0.2, 0.25) is 5.88 Å². The summed E-state index contributed by atoms with van der Waals surface area (Å²) in [5.41, 5.74) is 4.90. The summed E-state index contributed by atoms with van der Waals surface area (Å²) in [6, 6.07) is 0. The van der Waals surface area contributed by atoms with Gasteiger partial charge in [0.05, 0.1) is 12.5 Å². The summed E-state index contributed by atoms with van der Waals surface area (Å²) in [6.07, 6.45) is 4.55. The van der Waals surface area contributed by atoms with Crippen molar-refractivity contribution in [2.45, 2.75) is 46.0 Å². The van der Waals surface area contributed by atoms with Gasteiger partial charge in [0.15, 0.2) is 6.61 Å². The van der Waals surface area contributed by atoms with Crippen molar-refractivity contribution in [1.82, 2.24) is 0 Å². The molecular formula is C18H24N2O7. The van der Waals surface area contributed by atoms with E-state index in [-0.39, 0.29) is 35.3 Å². The zero-order valence-corrected chi connectivity index (χ0v) is 15.5. The van der Waals surface area contributed by atoms with Crippen LogP contribution in [-0.4, -0.2) is 37.0 Å². The molecule has 1 aliphatic rings. The first kappa shape index (κ1) is 20.5. The van der Waals surface area contributed by atoms with Crippen molar-refractivity contribution in [3.8, 4) is 0 Å². The van der Waals surface area contributed by atoms with Crippen LogP contribution in [0.5, 0.6) is 0 Å². The number of amides is 2. The third kappa shape index (κ3) is 5.08.